The van der Waals surface area contributed by atoms with E-state index >= 15 is 0 Å². The van der Waals surface area contributed by atoms with E-state index in [1.165, 1.54) is 4.88 Å². The van der Waals surface area contributed by atoms with Crippen LogP contribution in [0, 0.1) is 5.92 Å². The maximum Gasteiger partial charge on any atom is 0.0416 e. The van der Waals surface area contributed by atoms with Crippen LogP contribution < -0.4 is 5.73 Å². The molecule has 0 saturated carbocycles. The van der Waals surface area contributed by atoms with Crippen molar-refractivity contribution in [2.24, 2.45) is 11.7 Å². The van der Waals surface area contributed by atoms with E-state index < -0.39 is 0 Å². The summed E-state index contributed by atoms with van der Waals surface area (Å²) >= 11 is 1.86. The summed E-state index contributed by atoms with van der Waals surface area (Å²) in [7, 11) is 0. The molecule has 4 unspecified atom stereocenters. The lowest BCUT2D eigenvalue weighted by molar-refractivity contribution is 0.0640. The molecule has 0 radical (unpaired) electrons. The smallest absolute Gasteiger partial charge is 0.0416 e. The first-order valence-corrected chi connectivity index (χ1v) is 7.04. The van der Waals surface area contributed by atoms with Crippen molar-refractivity contribution in [1.29, 1.82) is 0 Å². The van der Waals surface area contributed by atoms with Crippen LogP contribution in [0.5, 0.6) is 0 Å². The van der Waals surface area contributed by atoms with Gasteiger partial charge < -0.3 is 5.73 Å². The summed E-state index contributed by atoms with van der Waals surface area (Å²) in [6.45, 7) is 8.04. The van der Waals surface area contributed by atoms with Crippen LogP contribution in [0.15, 0.2) is 17.5 Å². The highest BCUT2D eigenvalue weighted by molar-refractivity contribution is 7.10. The predicted octanol–water partition coefficient (Wildman–Crippen LogP) is 2.87. The standard InChI is InChI=1S/C13H22N2S/c1-9-10(2)15(7-6-12(9)14)11(3)13-5-4-8-16-13/h4-5,8-12H,6-7,14H2,1-3H3. The first-order valence-electron chi connectivity index (χ1n) is 6.16. The second kappa shape index (κ2) is 4.86. The third-order valence-corrected chi connectivity index (χ3v) is 5.18. The van der Waals surface area contributed by atoms with Gasteiger partial charge in [0.1, 0.15) is 0 Å². The first-order chi connectivity index (χ1) is 7.61. The molecule has 2 heterocycles. The minimum Gasteiger partial charge on any atom is -0.327 e. The van der Waals surface area contributed by atoms with E-state index in [0.717, 1.165) is 13.0 Å². The second-order valence-electron chi connectivity index (χ2n) is 4.98. The quantitative estimate of drug-likeness (QED) is 0.858. The van der Waals surface area contributed by atoms with Crippen molar-refractivity contribution >= 4 is 11.3 Å². The Bertz CT molecular complexity index is 323. The Hall–Kier alpha value is -0.380. The van der Waals surface area contributed by atoms with E-state index in [2.05, 4.69) is 43.2 Å². The Morgan fingerprint density at radius 3 is 2.88 bits per heavy atom. The van der Waals surface area contributed by atoms with Crippen LogP contribution in [0.1, 0.15) is 38.1 Å². The Morgan fingerprint density at radius 1 is 1.50 bits per heavy atom. The Kier molecular flexibility index (Phi) is 3.67. The molecule has 3 heteroatoms. The van der Waals surface area contributed by atoms with Gasteiger partial charge in [-0.25, -0.2) is 0 Å². The molecule has 2 N–H and O–H groups in total. The summed E-state index contributed by atoms with van der Waals surface area (Å²) in [5.41, 5.74) is 6.13. The number of likely N-dealkylation sites (tertiary alicyclic amines) is 1. The molecule has 16 heavy (non-hydrogen) atoms. The van der Waals surface area contributed by atoms with Crippen LogP contribution in [-0.4, -0.2) is 23.5 Å². The largest absolute Gasteiger partial charge is 0.327 e. The third-order valence-electron chi connectivity index (χ3n) is 4.13. The molecule has 1 aromatic heterocycles. The summed E-state index contributed by atoms with van der Waals surface area (Å²) < 4.78 is 0. The molecule has 4 atom stereocenters. The molecule has 0 spiro atoms. The minimum atomic E-state index is 0.377. The average molecular weight is 238 g/mol. The predicted molar refractivity (Wildman–Crippen MR) is 70.7 cm³/mol. The summed E-state index contributed by atoms with van der Waals surface area (Å²) in [6.07, 6.45) is 1.13. The zero-order valence-electron chi connectivity index (χ0n) is 10.4. The third kappa shape index (κ3) is 2.17. The van der Waals surface area contributed by atoms with Crippen LogP contribution in [0.2, 0.25) is 0 Å². The zero-order valence-corrected chi connectivity index (χ0v) is 11.2. The highest BCUT2D eigenvalue weighted by Gasteiger charge is 2.33. The monoisotopic (exact) mass is 238 g/mol. The van der Waals surface area contributed by atoms with Gasteiger partial charge in [-0.05, 0) is 37.6 Å². The van der Waals surface area contributed by atoms with Gasteiger partial charge in [0.15, 0.2) is 0 Å². The van der Waals surface area contributed by atoms with Crippen LogP contribution in [-0.2, 0) is 0 Å². The molecule has 90 valence electrons. The maximum atomic E-state index is 6.13. The second-order valence-corrected chi connectivity index (χ2v) is 5.96. The van der Waals surface area contributed by atoms with Gasteiger partial charge in [-0.3, -0.25) is 4.90 Å². The van der Waals surface area contributed by atoms with Gasteiger partial charge in [0.2, 0.25) is 0 Å². The Labute approximate surface area is 102 Å². The van der Waals surface area contributed by atoms with Gasteiger partial charge in [-0.15, -0.1) is 11.3 Å². The minimum absolute atomic E-state index is 0.377. The van der Waals surface area contributed by atoms with Crippen molar-refractivity contribution in [3.63, 3.8) is 0 Å². The van der Waals surface area contributed by atoms with Gasteiger partial charge in [-0.1, -0.05) is 13.0 Å². The van der Waals surface area contributed by atoms with Gasteiger partial charge in [0, 0.05) is 29.5 Å². The fourth-order valence-corrected chi connectivity index (χ4v) is 3.47. The number of hydrogen-bond acceptors (Lipinski definition) is 3. The van der Waals surface area contributed by atoms with Gasteiger partial charge in [0.25, 0.3) is 0 Å². The lowest BCUT2D eigenvalue weighted by Crippen LogP contribution is -2.52. The van der Waals surface area contributed by atoms with Crippen molar-refractivity contribution in [3.8, 4) is 0 Å². The van der Waals surface area contributed by atoms with E-state index in [9.17, 15) is 0 Å². The summed E-state index contributed by atoms with van der Waals surface area (Å²) in [4.78, 5) is 4.06. The molecule has 1 fully saturated rings. The number of nitrogens with two attached hydrogens (primary N) is 1. The fourth-order valence-electron chi connectivity index (χ4n) is 2.66. The molecule has 0 bridgehead atoms. The van der Waals surface area contributed by atoms with E-state index in [0.29, 0.717) is 24.0 Å². The molecular weight excluding hydrogens is 216 g/mol. The first kappa shape index (κ1) is 12.1. The van der Waals surface area contributed by atoms with Crippen molar-refractivity contribution in [2.45, 2.75) is 45.3 Å². The number of nitrogens with zero attached hydrogens (tertiary/aromatic N) is 1. The summed E-state index contributed by atoms with van der Waals surface area (Å²) in [6, 6.07) is 5.87. The molecule has 0 aromatic carbocycles. The Balaban J connectivity index is 2.10. The van der Waals surface area contributed by atoms with Crippen LogP contribution in [0.3, 0.4) is 0 Å². The number of rotatable bonds is 2. The van der Waals surface area contributed by atoms with Crippen molar-refractivity contribution in [2.75, 3.05) is 6.54 Å². The highest BCUT2D eigenvalue weighted by atomic mass is 32.1. The van der Waals surface area contributed by atoms with Crippen LogP contribution in [0.4, 0.5) is 0 Å². The summed E-state index contributed by atoms with van der Waals surface area (Å²) in [5, 5.41) is 2.16. The van der Waals surface area contributed by atoms with E-state index in [4.69, 9.17) is 5.73 Å². The summed E-state index contributed by atoms with van der Waals surface area (Å²) in [5.74, 6) is 0.594. The van der Waals surface area contributed by atoms with E-state index in [1.807, 2.05) is 11.3 Å². The molecular formula is C13H22N2S. The molecule has 1 aliphatic rings. The molecule has 2 rings (SSSR count). The topological polar surface area (TPSA) is 29.3 Å². The highest BCUT2D eigenvalue weighted by Crippen LogP contribution is 2.32. The molecule has 0 aliphatic carbocycles. The van der Waals surface area contributed by atoms with E-state index in [-0.39, 0.29) is 0 Å². The maximum absolute atomic E-state index is 6.13. The molecule has 2 nitrogen and oxygen atoms in total. The van der Waals surface area contributed by atoms with Gasteiger partial charge in [-0.2, -0.15) is 0 Å². The normalized spacial score (nSPS) is 33.9. The SMILES string of the molecule is CC1C(N)CCN(C(C)c2cccs2)C1C. The zero-order chi connectivity index (χ0) is 11.7. The van der Waals surface area contributed by atoms with Crippen LogP contribution in [0.25, 0.3) is 0 Å². The van der Waals surface area contributed by atoms with E-state index in [1.54, 1.807) is 0 Å². The van der Waals surface area contributed by atoms with Crippen molar-refractivity contribution in [1.82, 2.24) is 4.90 Å². The average Bonchev–Trinajstić information content (AvgIpc) is 2.79. The molecule has 1 aromatic rings. The lowest BCUT2D eigenvalue weighted by Gasteiger charge is -2.44. The number of thiophene rings is 1. The fraction of sp³-hybridized carbons (Fsp3) is 0.692. The molecule has 1 saturated heterocycles. The number of piperidine rings is 1. The lowest BCUT2D eigenvalue weighted by atomic mass is 9.86. The van der Waals surface area contributed by atoms with Gasteiger partial charge in [0.05, 0.1) is 0 Å². The molecule has 1 aliphatic heterocycles. The Morgan fingerprint density at radius 2 is 2.25 bits per heavy atom. The van der Waals surface area contributed by atoms with Crippen molar-refractivity contribution < 1.29 is 0 Å². The number of hydrogen-bond donors (Lipinski definition) is 1. The molecule has 0 amide bonds. The van der Waals surface area contributed by atoms with Crippen molar-refractivity contribution in [3.05, 3.63) is 22.4 Å². The van der Waals surface area contributed by atoms with Crippen LogP contribution >= 0.6 is 11.3 Å². The van der Waals surface area contributed by atoms with Gasteiger partial charge >= 0.3 is 0 Å².